The molecule has 0 aliphatic carbocycles. The van der Waals surface area contributed by atoms with Crippen LogP contribution in [0, 0.1) is 5.92 Å². The van der Waals surface area contributed by atoms with Crippen molar-refractivity contribution in [3.63, 3.8) is 0 Å². The van der Waals surface area contributed by atoms with Crippen molar-refractivity contribution in [1.82, 2.24) is 20.1 Å². The Balaban J connectivity index is 1.77. The van der Waals surface area contributed by atoms with Crippen molar-refractivity contribution in [3.05, 3.63) is 17.7 Å². The van der Waals surface area contributed by atoms with E-state index in [1.54, 1.807) is 11.9 Å². The second-order valence-corrected chi connectivity index (χ2v) is 6.04. The number of rotatable bonds is 3. The lowest BCUT2D eigenvalue weighted by molar-refractivity contribution is 0.471. The van der Waals surface area contributed by atoms with Gasteiger partial charge in [0.2, 0.25) is 0 Å². The topological polar surface area (TPSA) is 42.7 Å². The molecule has 2 aliphatic heterocycles. The highest BCUT2D eigenvalue weighted by Crippen LogP contribution is 2.31. The van der Waals surface area contributed by atoms with Gasteiger partial charge in [-0.1, -0.05) is 19.4 Å². The van der Waals surface area contributed by atoms with E-state index in [9.17, 15) is 0 Å². The smallest absolute Gasteiger partial charge is 0.150 e. The van der Waals surface area contributed by atoms with Gasteiger partial charge in [-0.3, -0.25) is 0 Å². The van der Waals surface area contributed by atoms with Gasteiger partial charge in [0.25, 0.3) is 0 Å². The van der Waals surface area contributed by atoms with Crippen molar-refractivity contribution in [2.75, 3.05) is 0 Å². The van der Waals surface area contributed by atoms with Crippen molar-refractivity contribution < 1.29 is 0 Å². The molecular formula is C14H22N4. The molecule has 3 rings (SSSR count). The van der Waals surface area contributed by atoms with E-state index >= 15 is 0 Å². The largest absolute Gasteiger partial charge is 0.311 e. The highest BCUT2D eigenvalue weighted by molar-refractivity contribution is 5.46. The standard InChI is InChI=1S/C14H22N4/c1-10(2)8-18-14(15-9-16-18)7-11-5-12-3-4-13(6-11)17-12/h7,9-10,12-13,17H,3-6,8H2,1-2H3. The first-order valence-electron chi connectivity index (χ1n) is 7.04. The minimum Gasteiger partial charge on any atom is -0.311 e. The molecule has 0 saturated carbocycles. The van der Waals surface area contributed by atoms with Gasteiger partial charge >= 0.3 is 0 Å². The second kappa shape index (κ2) is 4.84. The third-order valence-electron chi connectivity index (χ3n) is 3.87. The number of hydrogen-bond donors (Lipinski definition) is 1. The van der Waals surface area contributed by atoms with Crippen molar-refractivity contribution in [3.8, 4) is 0 Å². The van der Waals surface area contributed by atoms with Crippen LogP contribution in [0.5, 0.6) is 0 Å². The molecule has 0 amide bonds. The maximum absolute atomic E-state index is 4.39. The van der Waals surface area contributed by atoms with Gasteiger partial charge in [-0.05, 0) is 37.7 Å². The molecule has 2 aliphatic rings. The van der Waals surface area contributed by atoms with Gasteiger partial charge in [-0.2, -0.15) is 5.10 Å². The van der Waals surface area contributed by atoms with Gasteiger partial charge < -0.3 is 5.32 Å². The van der Waals surface area contributed by atoms with Crippen LogP contribution in [0.1, 0.15) is 45.4 Å². The maximum Gasteiger partial charge on any atom is 0.150 e. The maximum atomic E-state index is 4.39. The average Bonchev–Trinajstić information content (AvgIpc) is 2.86. The number of hydrogen-bond acceptors (Lipinski definition) is 3. The Bertz CT molecular complexity index is 432. The summed E-state index contributed by atoms with van der Waals surface area (Å²) in [6.45, 7) is 5.37. The van der Waals surface area contributed by atoms with Gasteiger partial charge in [0.05, 0.1) is 0 Å². The normalized spacial score (nSPS) is 26.9. The molecule has 2 bridgehead atoms. The summed E-state index contributed by atoms with van der Waals surface area (Å²) in [6, 6.07) is 1.41. The Hall–Kier alpha value is -1.16. The molecule has 98 valence electrons. The summed E-state index contributed by atoms with van der Waals surface area (Å²) < 4.78 is 2.03. The van der Waals surface area contributed by atoms with E-state index in [2.05, 4.69) is 35.3 Å². The third kappa shape index (κ3) is 2.48. The molecular weight excluding hydrogens is 224 g/mol. The zero-order valence-corrected chi connectivity index (χ0v) is 11.3. The van der Waals surface area contributed by atoms with Gasteiger partial charge in [0.15, 0.2) is 5.82 Å². The lowest BCUT2D eigenvalue weighted by atomic mass is 9.98. The summed E-state index contributed by atoms with van der Waals surface area (Å²) in [6.07, 6.45) is 8.98. The van der Waals surface area contributed by atoms with Gasteiger partial charge in [-0.25, -0.2) is 9.67 Å². The zero-order chi connectivity index (χ0) is 12.5. The quantitative estimate of drug-likeness (QED) is 0.889. The highest BCUT2D eigenvalue weighted by atomic mass is 15.3. The molecule has 1 aromatic heterocycles. The fraction of sp³-hybridized carbons (Fsp3) is 0.714. The fourth-order valence-electron chi connectivity index (χ4n) is 3.11. The molecule has 3 heterocycles. The van der Waals surface area contributed by atoms with E-state index in [4.69, 9.17) is 0 Å². The Morgan fingerprint density at radius 3 is 2.78 bits per heavy atom. The number of nitrogens with one attached hydrogen (secondary N) is 1. The summed E-state index contributed by atoms with van der Waals surface area (Å²) in [5.74, 6) is 1.63. The molecule has 0 radical (unpaired) electrons. The molecule has 0 spiro atoms. The zero-order valence-electron chi connectivity index (χ0n) is 11.3. The Labute approximate surface area is 108 Å². The van der Waals surface area contributed by atoms with E-state index < -0.39 is 0 Å². The lowest BCUT2D eigenvalue weighted by Gasteiger charge is -2.23. The van der Waals surface area contributed by atoms with Crippen LogP contribution in [0.2, 0.25) is 0 Å². The molecule has 2 atom stereocenters. The predicted octanol–water partition coefficient (Wildman–Crippen LogP) is 2.23. The molecule has 2 saturated heterocycles. The SMILES string of the molecule is CC(C)Cn1ncnc1C=C1CC2CCC(C1)N2. The van der Waals surface area contributed by atoms with Gasteiger partial charge in [0.1, 0.15) is 6.33 Å². The van der Waals surface area contributed by atoms with Crippen molar-refractivity contribution in [2.45, 2.75) is 58.2 Å². The summed E-state index contributed by atoms with van der Waals surface area (Å²) in [4.78, 5) is 4.39. The van der Waals surface area contributed by atoms with E-state index in [0.29, 0.717) is 18.0 Å². The molecule has 4 nitrogen and oxygen atoms in total. The van der Waals surface area contributed by atoms with Crippen LogP contribution in [-0.2, 0) is 6.54 Å². The lowest BCUT2D eigenvalue weighted by Crippen LogP contribution is -2.34. The number of nitrogens with zero attached hydrogens (tertiary/aromatic N) is 3. The van der Waals surface area contributed by atoms with Gasteiger partial charge in [0, 0.05) is 18.6 Å². The van der Waals surface area contributed by atoms with E-state index in [1.165, 1.54) is 25.7 Å². The number of aromatic nitrogens is 3. The summed E-state index contributed by atoms with van der Waals surface area (Å²) >= 11 is 0. The molecule has 1 aromatic rings. The van der Waals surface area contributed by atoms with Crippen molar-refractivity contribution in [2.24, 2.45) is 5.92 Å². The fourth-order valence-corrected chi connectivity index (χ4v) is 3.11. The highest BCUT2D eigenvalue weighted by Gasteiger charge is 2.30. The monoisotopic (exact) mass is 246 g/mol. The van der Waals surface area contributed by atoms with Crippen LogP contribution in [0.4, 0.5) is 0 Å². The van der Waals surface area contributed by atoms with Crippen LogP contribution in [0.25, 0.3) is 6.08 Å². The third-order valence-corrected chi connectivity index (χ3v) is 3.87. The second-order valence-electron chi connectivity index (χ2n) is 6.04. The minimum atomic E-state index is 0.605. The summed E-state index contributed by atoms with van der Waals surface area (Å²) in [5, 5.41) is 7.98. The molecule has 1 N–H and O–H groups in total. The number of piperidine rings is 1. The van der Waals surface area contributed by atoms with E-state index in [0.717, 1.165) is 12.4 Å². The molecule has 18 heavy (non-hydrogen) atoms. The van der Waals surface area contributed by atoms with Crippen LogP contribution < -0.4 is 5.32 Å². The first-order valence-corrected chi connectivity index (χ1v) is 7.04. The minimum absolute atomic E-state index is 0.605. The average molecular weight is 246 g/mol. The Kier molecular flexibility index (Phi) is 3.20. The van der Waals surface area contributed by atoms with Crippen LogP contribution in [0.3, 0.4) is 0 Å². The summed E-state index contributed by atoms with van der Waals surface area (Å²) in [7, 11) is 0. The predicted molar refractivity (Wildman–Crippen MR) is 72.0 cm³/mol. The van der Waals surface area contributed by atoms with E-state index in [1.807, 2.05) is 4.68 Å². The molecule has 4 heteroatoms. The first kappa shape index (κ1) is 11.9. The van der Waals surface area contributed by atoms with Crippen molar-refractivity contribution >= 4 is 6.08 Å². The number of fused-ring (bicyclic) bond motifs is 2. The molecule has 2 unspecified atom stereocenters. The van der Waals surface area contributed by atoms with Gasteiger partial charge in [-0.15, -0.1) is 0 Å². The molecule has 0 aromatic carbocycles. The Morgan fingerprint density at radius 1 is 1.39 bits per heavy atom. The van der Waals surface area contributed by atoms with Crippen LogP contribution in [-0.4, -0.2) is 26.8 Å². The van der Waals surface area contributed by atoms with Crippen LogP contribution >= 0.6 is 0 Å². The molecule has 2 fully saturated rings. The Morgan fingerprint density at radius 2 is 2.11 bits per heavy atom. The van der Waals surface area contributed by atoms with Crippen molar-refractivity contribution in [1.29, 1.82) is 0 Å². The van der Waals surface area contributed by atoms with E-state index in [-0.39, 0.29) is 0 Å². The van der Waals surface area contributed by atoms with Crippen LogP contribution in [0.15, 0.2) is 11.9 Å². The summed E-state index contributed by atoms with van der Waals surface area (Å²) in [5.41, 5.74) is 1.54. The first-order chi connectivity index (χ1) is 8.70.